The van der Waals surface area contributed by atoms with Gasteiger partial charge in [-0.05, 0) is 42.7 Å². The Morgan fingerprint density at radius 2 is 1.96 bits per heavy atom. The fourth-order valence-corrected chi connectivity index (χ4v) is 3.20. The van der Waals surface area contributed by atoms with Crippen LogP contribution >= 0.6 is 0 Å². The Morgan fingerprint density at radius 3 is 2.72 bits per heavy atom. The van der Waals surface area contributed by atoms with Gasteiger partial charge in [-0.15, -0.1) is 0 Å². The average molecular weight is 348 g/mol. The molecule has 1 amide bonds. The number of alkyl halides is 3. The van der Waals surface area contributed by atoms with E-state index in [2.05, 4.69) is 17.4 Å². The number of carbonyl (C=O) groups excluding carboxylic acids is 1. The topological polar surface area (TPSA) is 32.3 Å². The number of hydrogen-bond acceptors (Lipinski definition) is 2. The first kappa shape index (κ1) is 17.5. The number of anilines is 1. The zero-order valence-electron chi connectivity index (χ0n) is 13.8. The van der Waals surface area contributed by atoms with Gasteiger partial charge in [0.15, 0.2) is 0 Å². The summed E-state index contributed by atoms with van der Waals surface area (Å²) >= 11 is 0. The largest absolute Gasteiger partial charge is 0.416 e. The van der Waals surface area contributed by atoms with Gasteiger partial charge < -0.3 is 5.32 Å². The predicted octanol–water partition coefficient (Wildman–Crippen LogP) is 4.26. The maximum absolute atomic E-state index is 12.7. The minimum atomic E-state index is -4.42. The number of fused-ring (bicyclic) bond motifs is 1. The molecule has 3 rings (SSSR count). The van der Waals surface area contributed by atoms with Crippen molar-refractivity contribution in [3.8, 4) is 0 Å². The number of nitrogens with one attached hydrogen (secondary N) is 1. The molecule has 0 spiro atoms. The highest BCUT2D eigenvalue weighted by molar-refractivity contribution is 5.92. The Hall–Kier alpha value is -2.34. The summed E-state index contributed by atoms with van der Waals surface area (Å²) < 4.78 is 38.2. The smallest absolute Gasteiger partial charge is 0.325 e. The van der Waals surface area contributed by atoms with Crippen molar-refractivity contribution in [3.05, 3.63) is 65.2 Å². The normalized spacial score (nSPS) is 17.8. The lowest BCUT2D eigenvalue weighted by Crippen LogP contribution is -2.39. The molecule has 1 heterocycles. The van der Waals surface area contributed by atoms with Gasteiger partial charge in [-0.25, -0.2) is 0 Å². The fourth-order valence-electron chi connectivity index (χ4n) is 3.20. The number of nitrogens with zero attached hydrogens (tertiary/aromatic N) is 1. The van der Waals surface area contributed by atoms with Gasteiger partial charge in [0.25, 0.3) is 0 Å². The molecule has 1 aliphatic heterocycles. The van der Waals surface area contributed by atoms with E-state index in [9.17, 15) is 18.0 Å². The average Bonchev–Trinajstić information content (AvgIpc) is 2.57. The van der Waals surface area contributed by atoms with Gasteiger partial charge in [-0.3, -0.25) is 9.69 Å². The van der Waals surface area contributed by atoms with Crippen molar-refractivity contribution >= 4 is 11.6 Å². The van der Waals surface area contributed by atoms with Crippen molar-refractivity contribution in [2.24, 2.45) is 0 Å². The maximum atomic E-state index is 12.7. The van der Waals surface area contributed by atoms with Crippen LogP contribution in [0.1, 0.15) is 29.7 Å². The molecule has 0 aromatic heterocycles. The summed E-state index contributed by atoms with van der Waals surface area (Å²) in [5.74, 6) is -0.314. The molecule has 0 saturated heterocycles. The van der Waals surface area contributed by atoms with E-state index < -0.39 is 11.7 Å². The Balaban J connectivity index is 1.66. The molecule has 3 nitrogen and oxygen atoms in total. The Bertz CT molecular complexity index is 773. The van der Waals surface area contributed by atoms with Crippen LogP contribution < -0.4 is 5.32 Å². The van der Waals surface area contributed by atoms with Crippen LogP contribution in [0.4, 0.5) is 18.9 Å². The zero-order chi connectivity index (χ0) is 18.0. The third kappa shape index (κ3) is 4.02. The molecule has 1 aliphatic rings. The van der Waals surface area contributed by atoms with Crippen LogP contribution in [0.15, 0.2) is 48.5 Å². The van der Waals surface area contributed by atoms with E-state index in [1.807, 2.05) is 24.0 Å². The summed E-state index contributed by atoms with van der Waals surface area (Å²) in [5, 5.41) is 2.57. The summed E-state index contributed by atoms with van der Waals surface area (Å²) in [7, 11) is 0. The van der Waals surface area contributed by atoms with Crippen molar-refractivity contribution < 1.29 is 18.0 Å². The molecule has 1 unspecified atom stereocenters. The van der Waals surface area contributed by atoms with Crippen LogP contribution in [0.25, 0.3) is 0 Å². The molecule has 0 bridgehead atoms. The molecule has 1 atom stereocenters. The van der Waals surface area contributed by atoms with Crippen LogP contribution in [-0.4, -0.2) is 23.9 Å². The SMILES string of the molecule is CC1c2ccccc2CCN1CC(=O)Nc1cccc(C(F)(F)F)c1. The lowest BCUT2D eigenvalue weighted by atomic mass is 9.94. The van der Waals surface area contributed by atoms with E-state index in [1.54, 1.807) is 0 Å². The van der Waals surface area contributed by atoms with E-state index in [-0.39, 0.29) is 24.2 Å². The molecule has 6 heteroatoms. The third-order valence-corrected chi connectivity index (χ3v) is 4.54. The quantitative estimate of drug-likeness (QED) is 0.899. The number of rotatable bonds is 3. The van der Waals surface area contributed by atoms with Crippen LogP contribution in [0, 0.1) is 0 Å². The summed E-state index contributed by atoms with van der Waals surface area (Å²) in [6, 6.07) is 12.9. The van der Waals surface area contributed by atoms with Gasteiger partial charge >= 0.3 is 6.18 Å². The van der Waals surface area contributed by atoms with Gasteiger partial charge in [-0.2, -0.15) is 13.2 Å². The second-order valence-electron chi connectivity index (χ2n) is 6.22. The standard InChI is InChI=1S/C19H19F3N2O/c1-13-17-8-3-2-5-14(17)9-10-24(13)12-18(25)23-16-7-4-6-15(11-16)19(20,21)22/h2-8,11,13H,9-10,12H2,1H3,(H,23,25). The van der Waals surface area contributed by atoms with Gasteiger partial charge in [0.2, 0.25) is 5.91 Å². The van der Waals surface area contributed by atoms with Crippen molar-refractivity contribution in [1.29, 1.82) is 0 Å². The van der Waals surface area contributed by atoms with Gasteiger partial charge in [-0.1, -0.05) is 30.3 Å². The minimum Gasteiger partial charge on any atom is -0.325 e. The lowest BCUT2D eigenvalue weighted by Gasteiger charge is -2.34. The van der Waals surface area contributed by atoms with E-state index in [0.29, 0.717) is 0 Å². The highest BCUT2D eigenvalue weighted by Gasteiger charge is 2.30. The van der Waals surface area contributed by atoms with Crippen LogP contribution in [0.3, 0.4) is 0 Å². The maximum Gasteiger partial charge on any atom is 0.416 e. The van der Waals surface area contributed by atoms with Crippen molar-refractivity contribution in [2.75, 3.05) is 18.4 Å². The van der Waals surface area contributed by atoms with Crippen LogP contribution in [-0.2, 0) is 17.4 Å². The number of carbonyl (C=O) groups is 1. The monoisotopic (exact) mass is 348 g/mol. The third-order valence-electron chi connectivity index (χ3n) is 4.54. The predicted molar refractivity (Wildman–Crippen MR) is 90.2 cm³/mol. The second-order valence-corrected chi connectivity index (χ2v) is 6.22. The summed E-state index contributed by atoms with van der Waals surface area (Å²) in [6.07, 6.45) is -3.57. The lowest BCUT2D eigenvalue weighted by molar-refractivity contribution is -0.137. The minimum absolute atomic E-state index is 0.0946. The van der Waals surface area contributed by atoms with Gasteiger partial charge in [0.1, 0.15) is 0 Å². The molecule has 1 N–H and O–H groups in total. The van der Waals surface area contributed by atoms with Crippen molar-refractivity contribution in [3.63, 3.8) is 0 Å². The van der Waals surface area contributed by atoms with E-state index >= 15 is 0 Å². The number of benzene rings is 2. The fraction of sp³-hybridized carbons (Fsp3) is 0.316. The first-order valence-electron chi connectivity index (χ1n) is 8.13. The molecule has 132 valence electrons. The Kier molecular flexibility index (Phi) is 4.81. The molecule has 0 fully saturated rings. The summed E-state index contributed by atoms with van der Waals surface area (Å²) in [4.78, 5) is 14.3. The highest BCUT2D eigenvalue weighted by Crippen LogP contribution is 2.31. The number of hydrogen-bond donors (Lipinski definition) is 1. The van der Waals surface area contributed by atoms with Crippen molar-refractivity contribution in [2.45, 2.75) is 25.6 Å². The molecule has 0 radical (unpaired) electrons. The van der Waals surface area contributed by atoms with Gasteiger partial charge in [0, 0.05) is 18.3 Å². The highest BCUT2D eigenvalue weighted by atomic mass is 19.4. The number of halogens is 3. The molecular formula is C19H19F3N2O. The molecule has 0 aliphatic carbocycles. The molecule has 2 aromatic rings. The van der Waals surface area contributed by atoms with E-state index in [0.717, 1.165) is 25.1 Å². The van der Waals surface area contributed by atoms with Crippen LogP contribution in [0.5, 0.6) is 0 Å². The molecule has 25 heavy (non-hydrogen) atoms. The molecule has 2 aromatic carbocycles. The molecular weight excluding hydrogens is 329 g/mol. The molecule has 0 saturated carbocycles. The van der Waals surface area contributed by atoms with E-state index in [4.69, 9.17) is 0 Å². The first-order chi connectivity index (χ1) is 11.8. The zero-order valence-corrected chi connectivity index (χ0v) is 13.8. The van der Waals surface area contributed by atoms with E-state index in [1.165, 1.54) is 23.3 Å². The first-order valence-corrected chi connectivity index (χ1v) is 8.13. The Labute approximate surface area is 144 Å². The summed E-state index contributed by atoms with van der Waals surface area (Å²) in [5.41, 5.74) is 1.86. The van der Waals surface area contributed by atoms with Crippen molar-refractivity contribution in [1.82, 2.24) is 4.90 Å². The van der Waals surface area contributed by atoms with Gasteiger partial charge in [0.05, 0.1) is 12.1 Å². The summed E-state index contributed by atoms with van der Waals surface area (Å²) in [6.45, 7) is 2.93. The Morgan fingerprint density at radius 1 is 1.20 bits per heavy atom. The second kappa shape index (κ2) is 6.88. The van der Waals surface area contributed by atoms with Crippen LogP contribution in [0.2, 0.25) is 0 Å². The number of amides is 1.